The van der Waals surface area contributed by atoms with E-state index in [9.17, 15) is 0 Å². The molecular formula is C13H29N3. The van der Waals surface area contributed by atoms with E-state index in [1.165, 1.54) is 12.8 Å². The first-order chi connectivity index (χ1) is 7.40. The topological polar surface area (TPSA) is 27.6 Å². The van der Waals surface area contributed by atoms with Crippen LogP contribution in [-0.4, -0.2) is 38.0 Å². The number of nitrogens with zero attached hydrogens (tertiary/aromatic N) is 2. The van der Waals surface area contributed by atoms with E-state index in [2.05, 4.69) is 50.0 Å². The van der Waals surface area contributed by atoms with Gasteiger partial charge in [-0.1, -0.05) is 34.1 Å². The van der Waals surface area contributed by atoms with Crippen LogP contribution in [0.1, 0.15) is 47.0 Å². The molecule has 0 aliphatic heterocycles. The van der Waals surface area contributed by atoms with Gasteiger partial charge in [-0.2, -0.15) is 0 Å². The molecule has 0 amide bonds. The lowest BCUT2D eigenvalue weighted by atomic mass is 9.92. The first kappa shape index (κ1) is 15.3. The Hall–Kier alpha value is -0.730. The summed E-state index contributed by atoms with van der Waals surface area (Å²) in [5.74, 6) is 1.01. The Bertz CT molecular complexity index is 204. The van der Waals surface area contributed by atoms with Gasteiger partial charge < -0.3 is 10.2 Å². The van der Waals surface area contributed by atoms with E-state index in [1.807, 2.05) is 7.05 Å². The van der Waals surface area contributed by atoms with Crippen molar-refractivity contribution in [3.05, 3.63) is 0 Å². The Morgan fingerprint density at radius 3 is 2.38 bits per heavy atom. The summed E-state index contributed by atoms with van der Waals surface area (Å²) >= 11 is 0. The molecule has 0 aliphatic rings. The second-order valence-corrected chi connectivity index (χ2v) is 5.56. The predicted octanol–water partition coefficient (Wildman–Crippen LogP) is 2.73. The van der Waals surface area contributed by atoms with E-state index >= 15 is 0 Å². The van der Waals surface area contributed by atoms with Gasteiger partial charge in [0.05, 0.1) is 0 Å². The molecule has 0 fully saturated rings. The summed E-state index contributed by atoms with van der Waals surface area (Å²) in [6.07, 6.45) is 3.60. The van der Waals surface area contributed by atoms with Gasteiger partial charge in [-0.05, 0) is 18.3 Å². The summed E-state index contributed by atoms with van der Waals surface area (Å²) in [6, 6.07) is 0. The van der Waals surface area contributed by atoms with E-state index in [0.717, 1.165) is 25.5 Å². The number of guanidine groups is 1. The lowest BCUT2D eigenvalue weighted by Crippen LogP contribution is -2.40. The monoisotopic (exact) mass is 227 g/mol. The van der Waals surface area contributed by atoms with Crippen LogP contribution in [0.3, 0.4) is 0 Å². The molecule has 3 nitrogen and oxygen atoms in total. The third-order valence-corrected chi connectivity index (χ3v) is 2.58. The zero-order valence-corrected chi connectivity index (χ0v) is 11.9. The van der Waals surface area contributed by atoms with Gasteiger partial charge in [-0.3, -0.25) is 4.99 Å². The highest BCUT2D eigenvalue weighted by Crippen LogP contribution is 2.16. The average Bonchev–Trinajstić information content (AvgIpc) is 2.19. The van der Waals surface area contributed by atoms with Crippen LogP contribution in [0.4, 0.5) is 0 Å². The lowest BCUT2D eigenvalue weighted by molar-refractivity contribution is 0.372. The molecule has 0 heterocycles. The molecule has 0 radical (unpaired) electrons. The number of rotatable bonds is 5. The highest BCUT2D eigenvalue weighted by Gasteiger charge is 2.10. The fourth-order valence-electron chi connectivity index (χ4n) is 1.44. The van der Waals surface area contributed by atoms with Crippen LogP contribution >= 0.6 is 0 Å². The highest BCUT2D eigenvalue weighted by molar-refractivity contribution is 5.79. The van der Waals surface area contributed by atoms with Gasteiger partial charge in [0.25, 0.3) is 0 Å². The number of aliphatic imine (C=N–C) groups is 1. The standard InChI is InChI=1S/C13H29N3/c1-7-8-11-16(6)12(14-5)15-10-9-13(2,3)4/h7-11H2,1-6H3,(H,14,15). The molecular weight excluding hydrogens is 198 g/mol. The maximum absolute atomic E-state index is 4.29. The molecule has 3 heteroatoms. The number of hydrogen-bond donors (Lipinski definition) is 1. The molecule has 0 aromatic carbocycles. The Balaban J connectivity index is 3.93. The van der Waals surface area contributed by atoms with Gasteiger partial charge in [0.15, 0.2) is 5.96 Å². The molecule has 0 aliphatic carbocycles. The van der Waals surface area contributed by atoms with E-state index in [4.69, 9.17) is 0 Å². The first-order valence-electron chi connectivity index (χ1n) is 6.32. The zero-order chi connectivity index (χ0) is 12.6. The SMILES string of the molecule is CCCCN(C)C(=NC)NCCC(C)(C)C. The lowest BCUT2D eigenvalue weighted by Gasteiger charge is -2.24. The van der Waals surface area contributed by atoms with Crippen LogP contribution in [0.5, 0.6) is 0 Å². The maximum Gasteiger partial charge on any atom is 0.193 e. The van der Waals surface area contributed by atoms with Crippen LogP contribution in [0.25, 0.3) is 0 Å². The van der Waals surface area contributed by atoms with Crippen molar-refractivity contribution >= 4 is 5.96 Å². The van der Waals surface area contributed by atoms with Crippen molar-refractivity contribution in [1.82, 2.24) is 10.2 Å². The number of nitrogens with one attached hydrogen (secondary N) is 1. The smallest absolute Gasteiger partial charge is 0.193 e. The Kier molecular flexibility index (Phi) is 7.18. The van der Waals surface area contributed by atoms with Gasteiger partial charge >= 0.3 is 0 Å². The zero-order valence-electron chi connectivity index (χ0n) is 11.9. The molecule has 16 heavy (non-hydrogen) atoms. The Labute approximate surface area is 101 Å². The fraction of sp³-hybridized carbons (Fsp3) is 0.923. The van der Waals surface area contributed by atoms with Crippen LogP contribution in [0.15, 0.2) is 4.99 Å². The summed E-state index contributed by atoms with van der Waals surface area (Å²) in [5.41, 5.74) is 0.383. The molecule has 0 saturated carbocycles. The van der Waals surface area contributed by atoms with Crippen LogP contribution < -0.4 is 5.32 Å². The summed E-state index contributed by atoms with van der Waals surface area (Å²) in [4.78, 5) is 6.49. The normalized spacial score (nSPS) is 12.8. The van der Waals surface area contributed by atoms with E-state index in [1.54, 1.807) is 0 Å². The van der Waals surface area contributed by atoms with E-state index in [-0.39, 0.29) is 0 Å². The van der Waals surface area contributed by atoms with Gasteiger partial charge in [0.2, 0.25) is 0 Å². The summed E-state index contributed by atoms with van der Waals surface area (Å²) < 4.78 is 0. The molecule has 0 unspecified atom stereocenters. The molecule has 0 spiro atoms. The molecule has 1 N–H and O–H groups in total. The molecule has 0 rings (SSSR count). The molecule has 0 saturated heterocycles. The summed E-state index contributed by atoms with van der Waals surface area (Å²) in [5, 5.41) is 3.41. The van der Waals surface area contributed by atoms with Crippen molar-refractivity contribution in [3.63, 3.8) is 0 Å². The second-order valence-electron chi connectivity index (χ2n) is 5.56. The molecule has 0 aromatic rings. The van der Waals surface area contributed by atoms with Gasteiger partial charge in [-0.25, -0.2) is 0 Å². The minimum Gasteiger partial charge on any atom is -0.356 e. The summed E-state index contributed by atoms with van der Waals surface area (Å²) in [7, 11) is 3.95. The van der Waals surface area contributed by atoms with Gasteiger partial charge in [-0.15, -0.1) is 0 Å². The third-order valence-electron chi connectivity index (χ3n) is 2.58. The highest BCUT2D eigenvalue weighted by atomic mass is 15.3. The number of hydrogen-bond acceptors (Lipinski definition) is 1. The molecule has 0 atom stereocenters. The van der Waals surface area contributed by atoms with Crippen molar-refractivity contribution < 1.29 is 0 Å². The predicted molar refractivity (Wildman–Crippen MR) is 73.0 cm³/mol. The van der Waals surface area contributed by atoms with Crippen molar-refractivity contribution in [1.29, 1.82) is 0 Å². The van der Waals surface area contributed by atoms with Crippen molar-refractivity contribution in [2.24, 2.45) is 10.4 Å². The van der Waals surface area contributed by atoms with Crippen LogP contribution in [0.2, 0.25) is 0 Å². The van der Waals surface area contributed by atoms with Gasteiger partial charge in [0.1, 0.15) is 0 Å². The Morgan fingerprint density at radius 2 is 1.94 bits per heavy atom. The van der Waals surface area contributed by atoms with Crippen molar-refractivity contribution in [2.45, 2.75) is 47.0 Å². The van der Waals surface area contributed by atoms with Gasteiger partial charge in [0, 0.05) is 27.2 Å². The maximum atomic E-state index is 4.29. The van der Waals surface area contributed by atoms with Crippen molar-refractivity contribution in [2.75, 3.05) is 27.2 Å². The molecule has 0 aromatic heterocycles. The number of unbranched alkanes of at least 4 members (excludes halogenated alkanes) is 1. The second kappa shape index (κ2) is 7.53. The fourth-order valence-corrected chi connectivity index (χ4v) is 1.44. The third kappa shape index (κ3) is 7.55. The van der Waals surface area contributed by atoms with Crippen LogP contribution in [-0.2, 0) is 0 Å². The largest absolute Gasteiger partial charge is 0.356 e. The minimum atomic E-state index is 0.383. The Morgan fingerprint density at radius 1 is 1.31 bits per heavy atom. The quantitative estimate of drug-likeness (QED) is 0.578. The summed E-state index contributed by atoms with van der Waals surface area (Å²) in [6.45, 7) is 11.1. The molecule has 96 valence electrons. The average molecular weight is 227 g/mol. The minimum absolute atomic E-state index is 0.383. The van der Waals surface area contributed by atoms with Crippen molar-refractivity contribution in [3.8, 4) is 0 Å². The first-order valence-corrected chi connectivity index (χ1v) is 6.32. The van der Waals surface area contributed by atoms with Crippen LogP contribution in [0, 0.1) is 5.41 Å². The van der Waals surface area contributed by atoms with E-state index in [0.29, 0.717) is 5.41 Å². The molecule has 0 bridgehead atoms. The van der Waals surface area contributed by atoms with E-state index < -0.39 is 0 Å².